The summed E-state index contributed by atoms with van der Waals surface area (Å²) in [6.45, 7) is 5.77. The molecular formula is C7H15N3. The summed E-state index contributed by atoms with van der Waals surface area (Å²) < 4.78 is 0. The van der Waals surface area contributed by atoms with Gasteiger partial charge in [0.2, 0.25) is 0 Å². The van der Waals surface area contributed by atoms with Crippen LogP contribution >= 0.6 is 0 Å². The van der Waals surface area contributed by atoms with Crippen molar-refractivity contribution in [3.05, 3.63) is 12.4 Å². The highest BCUT2D eigenvalue weighted by molar-refractivity contribution is 5.57. The summed E-state index contributed by atoms with van der Waals surface area (Å²) in [5.74, 6) is 0.726. The van der Waals surface area contributed by atoms with E-state index in [9.17, 15) is 0 Å². The zero-order valence-electron chi connectivity index (χ0n) is 6.89. The van der Waals surface area contributed by atoms with Gasteiger partial charge in [0.1, 0.15) is 5.82 Å². The first kappa shape index (κ1) is 9.17. The van der Waals surface area contributed by atoms with E-state index in [1.165, 1.54) is 0 Å². The monoisotopic (exact) mass is 141 g/mol. The third-order valence-electron chi connectivity index (χ3n) is 1.15. The lowest BCUT2D eigenvalue weighted by molar-refractivity contribution is 0.331. The van der Waals surface area contributed by atoms with E-state index in [2.05, 4.69) is 17.0 Å². The van der Waals surface area contributed by atoms with Crippen molar-refractivity contribution in [3.8, 4) is 0 Å². The maximum absolute atomic E-state index is 4.06. The minimum Gasteiger partial charge on any atom is -0.296 e. The lowest BCUT2D eigenvalue weighted by Crippen LogP contribution is -2.28. The van der Waals surface area contributed by atoms with Crippen molar-refractivity contribution < 1.29 is 0 Å². The summed E-state index contributed by atoms with van der Waals surface area (Å²) in [4.78, 5) is 4.06. The first-order chi connectivity index (χ1) is 4.72. The highest BCUT2D eigenvalue weighted by atomic mass is 15.5. The van der Waals surface area contributed by atoms with Crippen LogP contribution in [-0.2, 0) is 0 Å². The quantitative estimate of drug-likeness (QED) is 0.467. The summed E-state index contributed by atoms with van der Waals surface area (Å²) in [6.07, 6.45) is 2.77. The zero-order valence-corrected chi connectivity index (χ0v) is 6.89. The van der Waals surface area contributed by atoms with E-state index in [4.69, 9.17) is 0 Å². The molecule has 58 valence electrons. The Hall–Kier alpha value is -0.830. The summed E-state index contributed by atoms with van der Waals surface area (Å²) in [5, 5.41) is 1.76. The van der Waals surface area contributed by atoms with E-state index >= 15 is 0 Å². The second-order valence-electron chi connectivity index (χ2n) is 1.92. The molecule has 0 aromatic carbocycles. The number of hydrogen-bond donors (Lipinski definition) is 1. The molecule has 0 rings (SSSR count). The van der Waals surface area contributed by atoms with Gasteiger partial charge in [-0.05, 0) is 6.42 Å². The second-order valence-corrected chi connectivity index (χ2v) is 1.92. The summed E-state index contributed by atoms with van der Waals surface area (Å²) in [7, 11) is 3.70. The van der Waals surface area contributed by atoms with Gasteiger partial charge in [-0.15, -0.1) is 0 Å². The maximum Gasteiger partial charge on any atom is 0.134 e. The third kappa shape index (κ3) is 3.25. The average Bonchev–Trinajstić information content (AvgIpc) is 1.98. The number of hydrogen-bond acceptors (Lipinski definition) is 3. The van der Waals surface area contributed by atoms with E-state index in [0.717, 1.165) is 12.2 Å². The molecule has 1 N–H and O–H groups in total. The number of nitrogens with one attached hydrogen (secondary N) is 1. The molecule has 0 saturated carbocycles. The van der Waals surface area contributed by atoms with Crippen molar-refractivity contribution in [1.82, 2.24) is 10.4 Å². The minimum absolute atomic E-state index is 0.726. The van der Waals surface area contributed by atoms with Crippen LogP contribution in [0.4, 0.5) is 0 Å². The molecule has 0 fully saturated rings. The molecule has 0 aliphatic rings. The Bertz CT molecular complexity index is 129. The fourth-order valence-electron chi connectivity index (χ4n) is 0.412. The molecule has 0 radical (unpaired) electrons. The molecule has 0 saturated heterocycles. The van der Waals surface area contributed by atoms with E-state index in [0.29, 0.717) is 0 Å². The molecule has 0 bridgehead atoms. The zero-order chi connectivity index (χ0) is 7.98. The van der Waals surface area contributed by atoms with Crippen LogP contribution in [-0.4, -0.2) is 25.3 Å². The summed E-state index contributed by atoms with van der Waals surface area (Å²) >= 11 is 0. The molecule has 3 nitrogen and oxygen atoms in total. The van der Waals surface area contributed by atoms with Crippen molar-refractivity contribution in [3.63, 3.8) is 0 Å². The Labute approximate surface area is 62.4 Å². The standard InChI is InChI=1S/C7H15N3/c1-5-6-9-7(2)10(4)8-3/h6,8H,2,5H2,1,3-4H3/b9-6-. The molecule has 3 heteroatoms. The van der Waals surface area contributed by atoms with E-state index < -0.39 is 0 Å². The van der Waals surface area contributed by atoms with Gasteiger partial charge in [-0.2, -0.15) is 0 Å². The Morgan fingerprint density at radius 2 is 2.40 bits per heavy atom. The Kier molecular flexibility index (Phi) is 4.58. The van der Waals surface area contributed by atoms with Gasteiger partial charge >= 0.3 is 0 Å². The molecule has 0 heterocycles. The van der Waals surface area contributed by atoms with Crippen LogP contribution in [0.15, 0.2) is 17.4 Å². The Morgan fingerprint density at radius 3 is 2.80 bits per heavy atom. The predicted molar refractivity (Wildman–Crippen MR) is 44.7 cm³/mol. The largest absolute Gasteiger partial charge is 0.296 e. The highest BCUT2D eigenvalue weighted by Crippen LogP contribution is 1.93. The minimum atomic E-state index is 0.726. The lowest BCUT2D eigenvalue weighted by Gasteiger charge is -2.15. The summed E-state index contributed by atoms with van der Waals surface area (Å²) in [5.41, 5.74) is 2.89. The topological polar surface area (TPSA) is 27.6 Å². The van der Waals surface area contributed by atoms with Gasteiger partial charge in [-0.25, -0.2) is 10.4 Å². The van der Waals surface area contributed by atoms with E-state index in [-0.39, 0.29) is 0 Å². The number of rotatable bonds is 4. The van der Waals surface area contributed by atoms with Crippen molar-refractivity contribution in [2.24, 2.45) is 4.99 Å². The first-order valence-corrected chi connectivity index (χ1v) is 3.35. The van der Waals surface area contributed by atoms with Crippen LogP contribution in [0.25, 0.3) is 0 Å². The lowest BCUT2D eigenvalue weighted by atomic mass is 10.5. The highest BCUT2D eigenvalue weighted by Gasteiger charge is 1.91. The molecule has 0 spiro atoms. The Morgan fingerprint density at radius 1 is 1.80 bits per heavy atom. The maximum atomic E-state index is 4.06. The summed E-state index contributed by atoms with van der Waals surface area (Å²) in [6, 6.07) is 0. The van der Waals surface area contributed by atoms with Gasteiger partial charge in [0.05, 0.1) is 0 Å². The second kappa shape index (κ2) is 4.99. The van der Waals surface area contributed by atoms with Gasteiger partial charge in [0.25, 0.3) is 0 Å². The fraction of sp³-hybridized carbons (Fsp3) is 0.571. The van der Waals surface area contributed by atoms with Crippen molar-refractivity contribution in [1.29, 1.82) is 0 Å². The van der Waals surface area contributed by atoms with E-state index in [1.807, 2.05) is 27.2 Å². The molecule has 0 aromatic heterocycles. The molecule has 0 atom stereocenters. The van der Waals surface area contributed by atoms with Gasteiger partial charge in [0, 0.05) is 20.3 Å². The van der Waals surface area contributed by atoms with E-state index in [1.54, 1.807) is 5.01 Å². The van der Waals surface area contributed by atoms with Crippen LogP contribution in [0, 0.1) is 0 Å². The third-order valence-corrected chi connectivity index (χ3v) is 1.15. The molecule has 0 amide bonds. The van der Waals surface area contributed by atoms with Crippen LogP contribution < -0.4 is 5.43 Å². The van der Waals surface area contributed by atoms with Crippen molar-refractivity contribution >= 4 is 6.21 Å². The molecule has 0 aliphatic heterocycles. The predicted octanol–water partition coefficient (Wildman–Crippen LogP) is 1.00. The molecule has 10 heavy (non-hydrogen) atoms. The SMILES string of the molecule is C=C(/N=C\CC)N(C)NC. The van der Waals surface area contributed by atoms with Gasteiger partial charge in [-0.1, -0.05) is 13.5 Å². The van der Waals surface area contributed by atoms with Crippen LogP contribution in [0.5, 0.6) is 0 Å². The smallest absolute Gasteiger partial charge is 0.134 e. The molecule has 0 aromatic rings. The van der Waals surface area contributed by atoms with Gasteiger partial charge in [-0.3, -0.25) is 5.01 Å². The molecular weight excluding hydrogens is 126 g/mol. The number of aliphatic imine (C=N–C) groups is 1. The van der Waals surface area contributed by atoms with Gasteiger partial charge < -0.3 is 0 Å². The normalized spacial score (nSPS) is 10.3. The fourth-order valence-corrected chi connectivity index (χ4v) is 0.412. The van der Waals surface area contributed by atoms with Crippen molar-refractivity contribution in [2.45, 2.75) is 13.3 Å². The van der Waals surface area contributed by atoms with Gasteiger partial charge in [0.15, 0.2) is 0 Å². The van der Waals surface area contributed by atoms with Crippen LogP contribution in [0.2, 0.25) is 0 Å². The number of nitrogens with zero attached hydrogens (tertiary/aromatic N) is 2. The number of hydrazine groups is 1. The molecule has 0 unspecified atom stereocenters. The van der Waals surface area contributed by atoms with Crippen molar-refractivity contribution in [2.75, 3.05) is 14.1 Å². The molecule has 0 aliphatic carbocycles. The van der Waals surface area contributed by atoms with Crippen LogP contribution in [0.1, 0.15) is 13.3 Å². The van der Waals surface area contributed by atoms with Crippen LogP contribution in [0.3, 0.4) is 0 Å². The Balaban J connectivity index is 3.72. The first-order valence-electron chi connectivity index (χ1n) is 3.35. The average molecular weight is 141 g/mol.